The van der Waals surface area contributed by atoms with Crippen LogP contribution in [0.2, 0.25) is 0 Å². The fourth-order valence-electron chi connectivity index (χ4n) is 6.13. The summed E-state index contributed by atoms with van der Waals surface area (Å²) in [4.78, 5) is 7.39. The maximum Gasteiger partial charge on any atom is 0.114 e. The zero-order chi connectivity index (χ0) is 26.6. The first-order chi connectivity index (χ1) is 19.8. The van der Waals surface area contributed by atoms with Crippen LogP contribution in [0.1, 0.15) is 12.7 Å². The van der Waals surface area contributed by atoms with Gasteiger partial charge in [-0.15, -0.1) is 0 Å². The molecule has 0 saturated heterocycles. The summed E-state index contributed by atoms with van der Waals surface area (Å²) in [6.07, 6.45) is 0.871. The topological polar surface area (TPSA) is 21.1 Å². The molecule has 0 fully saturated rings. The van der Waals surface area contributed by atoms with Crippen LogP contribution >= 0.6 is 0 Å². The molecule has 1 aliphatic heterocycles. The summed E-state index contributed by atoms with van der Waals surface area (Å²) in [5, 5.41) is 2.49. The number of rotatable bonds is 4. The lowest BCUT2D eigenvalue weighted by Gasteiger charge is -2.33. The standard InChI is InChI=1S/C37H27N3/c1-2-36-38-32-14-9-15-34-37(32)40(36)33-21-20-30(24-35(33)39(34)31-12-7-4-8-13-31)29-19-18-27-22-26(16-17-28(27)23-29)25-10-5-3-6-11-25/h3-24H,2H2,1H3. The lowest BCUT2D eigenvalue weighted by molar-refractivity contribution is 0.900. The molecule has 0 spiro atoms. The Morgan fingerprint density at radius 1 is 0.525 bits per heavy atom. The van der Waals surface area contributed by atoms with Gasteiger partial charge < -0.3 is 4.90 Å². The Kier molecular flexibility index (Phi) is 5.11. The average molecular weight is 514 g/mol. The molecule has 0 aliphatic carbocycles. The van der Waals surface area contributed by atoms with Crippen LogP contribution in [0.4, 0.5) is 17.1 Å². The van der Waals surface area contributed by atoms with Gasteiger partial charge in [-0.3, -0.25) is 4.57 Å². The number of imidazole rings is 1. The van der Waals surface area contributed by atoms with E-state index in [4.69, 9.17) is 4.98 Å². The Labute approximate surface area is 233 Å². The molecule has 0 atom stereocenters. The molecule has 0 bridgehead atoms. The first-order valence-corrected chi connectivity index (χ1v) is 13.9. The SMILES string of the molecule is CCc1nc2cccc3c2n1-c1ccc(-c2ccc4cc(-c5ccccc5)ccc4c2)cc1N3c1ccccc1. The van der Waals surface area contributed by atoms with Crippen molar-refractivity contribution in [2.45, 2.75) is 13.3 Å². The predicted octanol–water partition coefficient (Wildman–Crippen LogP) is 9.86. The molecule has 0 unspecified atom stereocenters. The van der Waals surface area contributed by atoms with Gasteiger partial charge >= 0.3 is 0 Å². The second kappa shape index (κ2) is 8.96. The number of fused-ring (bicyclic) bond motifs is 3. The molecule has 3 heteroatoms. The highest BCUT2D eigenvalue weighted by Gasteiger charge is 2.28. The van der Waals surface area contributed by atoms with Crippen molar-refractivity contribution in [1.29, 1.82) is 0 Å². The van der Waals surface area contributed by atoms with Gasteiger partial charge in [0, 0.05) is 12.1 Å². The van der Waals surface area contributed by atoms with Crippen molar-refractivity contribution in [3.63, 3.8) is 0 Å². The van der Waals surface area contributed by atoms with E-state index >= 15 is 0 Å². The van der Waals surface area contributed by atoms with E-state index in [1.807, 2.05) is 0 Å². The van der Waals surface area contributed by atoms with Crippen molar-refractivity contribution in [2.24, 2.45) is 0 Å². The Morgan fingerprint density at radius 3 is 1.90 bits per heavy atom. The molecule has 0 saturated carbocycles. The lowest BCUT2D eigenvalue weighted by Crippen LogP contribution is -2.19. The largest absolute Gasteiger partial charge is 0.306 e. The normalized spacial score (nSPS) is 12.2. The molecule has 0 N–H and O–H groups in total. The number of hydrogen-bond donors (Lipinski definition) is 0. The third kappa shape index (κ3) is 3.48. The number of para-hydroxylation sites is 2. The van der Waals surface area contributed by atoms with Crippen molar-refractivity contribution < 1.29 is 0 Å². The molecule has 0 radical (unpaired) electrons. The second-order valence-electron chi connectivity index (χ2n) is 10.4. The number of benzene rings is 6. The quantitative estimate of drug-likeness (QED) is 0.233. The number of hydrogen-bond acceptors (Lipinski definition) is 2. The first-order valence-electron chi connectivity index (χ1n) is 13.9. The smallest absolute Gasteiger partial charge is 0.114 e. The molecule has 40 heavy (non-hydrogen) atoms. The van der Waals surface area contributed by atoms with Gasteiger partial charge in [0.2, 0.25) is 0 Å². The summed E-state index contributed by atoms with van der Waals surface area (Å²) >= 11 is 0. The minimum absolute atomic E-state index is 0.871. The van der Waals surface area contributed by atoms with Crippen LogP contribution in [-0.4, -0.2) is 9.55 Å². The maximum absolute atomic E-state index is 5.01. The summed E-state index contributed by atoms with van der Waals surface area (Å²) in [7, 11) is 0. The molecular formula is C37H27N3. The Morgan fingerprint density at radius 2 is 1.18 bits per heavy atom. The van der Waals surface area contributed by atoms with Crippen molar-refractivity contribution >= 4 is 38.9 Å². The van der Waals surface area contributed by atoms with Crippen LogP contribution in [0.5, 0.6) is 0 Å². The molecule has 7 aromatic rings. The van der Waals surface area contributed by atoms with E-state index in [2.05, 4.69) is 150 Å². The molecule has 0 amide bonds. The Hall–Kier alpha value is -5.15. The second-order valence-corrected chi connectivity index (χ2v) is 10.4. The van der Waals surface area contributed by atoms with Gasteiger partial charge in [-0.1, -0.05) is 91.9 Å². The Balaban J connectivity index is 1.30. The van der Waals surface area contributed by atoms with Gasteiger partial charge in [0.05, 0.1) is 28.1 Å². The summed E-state index contributed by atoms with van der Waals surface area (Å²) in [5.74, 6) is 1.09. The predicted molar refractivity (Wildman–Crippen MR) is 167 cm³/mol. The van der Waals surface area contributed by atoms with Crippen molar-refractivity contribution in [3.05, 3.63) is 139 Å². The number of aromatic nitrogens is 2. The van der Waals surface area contributed by atoms with Crippen LogP contribution in [0, 0.1) is 0 Å². The zero-order valence-electron chi connectivity index (χ0n) is 22.3. The maximum atomic E-state index is 5.01. The van der Waals surface area contributed by atoms with Gasteiger partial charge in [0.15, 0.2) is 0 Å². The molecule has 6 aromatic carbocycles. The fourth-order valence-corrected chi connectivity index (χ4v) is 6.13. The number of anilines is 3. The van der Waals surface area contributed by atoms with Crippen LogP contribution in [-0.2, 0) is 6.42 Å². The van der Waals surface area contributed by atoms with Crippen LogP contribution < -0.4 is 4.90 Å². The molecule has 8 rings (SSSR count). The average Bonchev–Trinajstić information content (AvgIpc) is 3.41. The van der Waals surface area contributed by atoms with E-state index < -0.39 is 0 Å². The van der Waals surface area contributed by atoms with E-state index in [1.165, 1.54) is 44.2 Å². The minimum Gasteiger partial charge on any atom is -0.306 e. The Bertz CT molecular complexity index is 2040. The van der Waals surface area contributed by atoms with E-state index in [1.54, 1.807) is 0 Å². The van der Waals surface area contributed by atoms with Gasteiger partial charge in [-0.05, 0) is 81.6 Å². The molecule has 2 heterocycles. The number of aryl methyl sites for hydroxylation is 1. The van der Waals surface area contributed by atoms with E-state index in [-0.39, 0.29) is 0 Å². The molecule has 1 aromatic heterocycles. The molecule has 3 nitrogen and oxygen atoms in total. The van der Waals surface area contributed by atoms with Crippen molar-refractivity contribution in [3.8, 4) is 27.9 Å². The van der Waals surface area contributed by atoms with Gasteiger partial charge in [-0.2, -0.15) is 0 Å². The third-order valence-corrected chi connectivity index (χ3v) is 8.03. The fraction of sp³-hybridized carbons (Fsp3) is 0.0541. The van der Waals surface area contributed by atoms with Crippen LogP contribution in [0.15, 0.2) is 133 Å². The van der Waals surface area contributed by atoms with Crippen molar-refractivity contribution in [2.75, 3.05) is 4.90 Å². The number of nitrogens with zero attached hydrogens (tertiary/aromatic N) is 3. The lowest BCUT2D eigenvalue weighted by atomic mass is 9.96. The first kappa shape index (κ1) is 22.8. The minimum atomic E-state index is 0.871. The summed E-state index contributed by atoms with van der Waals surface area (Å²) in [6.45, 7) is 2.18. The zero-order valence-corrected chi connectivity index (χ0v) is 22.3. The highest BCUT2D eigenvalue weighted by Crippen LogP contribution is 2.48. The van der Waals surface area contributed by atoms with E-state index in [9.17, 15) is 0 Å². The van der Waals surface area contributed by atoms with Gasteiger partial charge in [0.1, 0.15) is 5.82 Å². The summed E-state index contributed by atoms with van der Waals surface area (Å²) in [6, 6.07) is 48.1. The van der Waals surface area contributed by atoms with Gasteiger partial charge in [0.25, 0.3) is 0 Å². The van der Waals surface area contributed by atoms with Crippen LogP contribution in [0.25, 0.3) is 49.7 Å². The van der Waals surface area contributed by atoms with E-state index in [0.29, 0.717) is 0 Å². The van der Waals surface area contributed by atoms with Gasteiger partial charge in [-0.25, -0.2) is 4.98 Å². The monoisotopic (exact) mass is 513 g/mol. The van der Waals surface area contributed by atoms with Crippen LogP contribution in [0.3, 0.4) is 0 Å². The highest BCUT2D eigenvalue weighted by atomic mass is 15.2. The molecule has 1 aliphatic rings. The third-order valence-electron chi connectivity index (χ3n) is 8.03. The van der Waals surface area contributed by atoms with Crippen molar-refractivity contribution in [1.82, 2.24) is 9.55 Å². The summed E-state index contributed by atoms with van der Waals surface area (Å²) < 4.78 is 2.36. The van der Waals surface area contributed by atoms with E-state index in [0.717, 1.165) is 34.8 Å². The highest BCUT2D eigenvalue weighted by molar-refractivity contribution is 6.02. The molecular weight excluding hydrogens is 486 g/mol. The molecule has 190 valence electrons. The summed E-state index contributed by atoms with van der Waals surface area (Å²) in [5.41, 5.74) is 11.7.